The molecular weight excluding hydrogens is 332 g/mol. The molecule has 0 spiro atoms. The van der Waals surface area contributed by atoms with Gasteiger partial charge in [0.1, 0.15) is 6.04 Å². The number of hydrogen-bond donors (Lipinski definition) is 3. The molecule has 4 N–H and O–H groups in total. The molecule has 0 bridgehead atoms. The van der Waals surface area contributed by atoms with Crippen molar-refractivity contribution in [3.05, 3.63) is 59.1 Å². The van der Waals surface area contributed by atoms with Gasteiger partial charge in [-0.3, -0.25) is 4.79 Å². The van der Waals surface area contributed by atoms with E-state index in [-0.39, 0.29) is 0 Å². The van der Waals surface area contributed by atoms with E-state index >= 15 is 0 Å². The summed E-state index contributed by atoms with van der Waals surface area (Å²) < 4.78 is 3.21. The fourth-order valence-electron chi connectivity index (χ4n) is 1.67. The Morgan fingerprint density at radius 3 is 2.26 bits per heavy atom. The standard InChI is InChI=1S/C15H15ClN2O2S.C2H6/c16-11-3-7-13(8-4-11)21-18-12-5-1-10(2-6-12)9-14(17)15(19)20;1-2/h1-8,14,18H,9,17H2,(H,19,20);1-2H3. The van der Waals surface area contributed by atoms with Gasteiger partial charge in [0.2, 0.25) is 0 Å². The van der Waals surface area contributed by atoms with Gasteiger partial charge in [-0.25, -0.2) is 0 Å². The van der Waals surface area contributed by atoms with E-state index in [1.54, 1.807) is 0 Å². The molecule has 0 heterocycles. The predicted octanol–water partition coefficient (Wildman–Crippen LogP) is 4.44. The summed E-state index contributed by atoms with van der Waals surface area (Å²) in [6.45, 7) is 4.00. The van der Waals surface area contributed by atoms with Crippen LogP contribution in [0.3, 0.4) is 0 Å². The van der Waals surface area contributed by atoms with E-state index in [4.69, 9.17) is 22.4 Å². The Labute approximate surface area is 146 Å². The van der Waals surface area contributed by atoms with Crippen molar-refractivity contribution in [3.63, 3.8) is 0 Å². The summed E-state index contributed by atoms with van der Waals surface area (Å²) in [7, 11) is 0. The van der Waals surface area contributed by atoms with Crippen molar-refractivity contribution < 1.29 is 9.90 Å². The van der Waals surface area contributed by atoms with Crippen molar-refractivity contribution in [2.75, 3.05) is 4.72 Å². The number of benzene rings is 2. The Morgan fingerprint density at radius 1 is 1.17 bits per heavy atom. The average molecular weight is 353 g/mol. The average Bonchev–Trinajstić information content (AvgIpc) is 2.57. The van der Waals surface area contributed by atoms with Crippen LogP contribution in [-0.4, -0.2) is 17.1 Å². The zero-order chi connectivity index (χ0) is 17.2. The van der Waals surface area contributed by atoms with Gasteiger partial charge in [0.25, 0.3) is 0 Å². The van der Waals surface area contributed by atoms with Crippen molar-refractivity contribution in [2.24, 2.45) is 5.73 Å². The third kappa shape index (κ3) is 6.95. The van der Waals surface area contributed by atoms with E-state index < -0.39 is 12.0 Å². The predicted molar refractivity (Wildman–Crippen MR) is 98.0 cm³/mol. The first-order valence-electron chi connectivity index (χ1n) is 7.30. The van der Waals surface area contributed by atoms with Crippen LogP contribution in [0.2, 0.25) is 5.02 Å². The molecule has 6 heteroatoms. The van der Waals surface area contributed by atoms with Crippen molar-refractivity contribution in [3.8, 4) is 0 Å². The second-order valence-electron chi connectivity index (χ2n) is 4.50. The maximum Gasteiger partial charge on any atom is 0.320 e. The van der Waals surface area contributed by atoms with Crippen LogP contribution in [0, 0.1) is 0 Å². The molecule has 1 unspecified atom stereocenters. The highest BCUT2D eigenvalue weighted by Crippen LogP contribution is 2.23. The topological polar surface area (TPSA) is 75.3 Å². The molecule has 2 aromatic carbocycles. The van der Waals surface area contributed by atoms with Gasteiger partial charge in [-0.2, -0.15) is 0 Å². The lowest BCUT2D eigenvalue weighted by molar-refractivity contribution is -0.138. The fraction of sp³-hybridized carbons (Fsp3) is 0.235. The number of nitrogens with one attached hydrogen (secondary N) is 1. The van der Waals surface area contributed by atoms with E-state index in [9.17, 15) is 4.79 Å². The number of anilines is 1. The highest BCUT2D eigenvalue weighted by atomic mass is 35.5. The number of carboxylic acid groups (broad SMARTS) is 1. The van der Waals surface area contributed by atoms with E-state index in [0.29, 0.717) is 11.4 Å². The minimum atomic E-state index is -0.990. The third-order valence-corrected chi connectivity index (χ3v) is 3.92. The van der Waals surface area contributed by atoms with Gasteiger partial charge in [-0.05, 0) is 60.3 Å². The van der Waals surface area contributed by atoms with Crippen LogP contribution < -0.4 is 10.5 Å². The van der Waals surface area contributed by atoms with Crippen LogP contribution in [0.1, 0.15) is 19.4 Å². The zero-order valence-electron chi connectivity index (χ0n) is 13.1. The number of nitrogens with two attached hydrogens (primary N) is 1. The van der Waals surface area contributed by atoms with Crippen LogP contribution in [0.4, 0.5) is 5.69 Å². The molecule has 0 aliphatic heterocycles. The fourth-order valence-corrected chi connectivity index (χ4v) is 2.44. The molecular formula is C17H21ClN2O2S. The molecule has 0 aliphatic carbocycles. The van der Waals surface area contributed by atoms with E-state index in [2.05, 4.69) is 4.72 Å². The normalized spacial score (nSPS) is 11.1. The van der Waals surface area contributed by atoms with Crippen molar-refractivity contribution in [2.45, 2.75) is 31.2 Å². The summed E-state index contributed by atoms with van der Waals surface area (Å²) in [4.78, 5) is 11.8. The smallest absolute Gasteiger partial charge is 0.320 e. The van der Waals surface area contributed by atoms with Crippen molar-refractivity contribution in [1.82, 2.24) is 0 Å². The number of carbonyl (C=O) groups is 1. The Kier molecular flexibility index (Phi) is 8.55. The molecule has 0 aromatic heterocycles. The molecule has 0 saturated carbocycles. The van der Waals surface area contributed by atoms with E-state index in [1.807, 2.05) is 62.4 Å². The van der Waals surface area contributed by atoms with E-state index in [0.717, 1.165) is 16.1 Å². The Morgan fingerprint density at radius 2 is 1.74 bits per heavy atom. The third-order valence-electron chi connectivity index (χ3n) is 2.83. The molecule has 23 heavy (non-hydrogen) atoms. The molecule has 0 radical (unpaired) electrons. The van der Waals surface area contributed by atoms with Crippen molar-refractivity contribution >= 4 is 35.2 Å². The number of halogens is 1. The lowest BCUT2D eigenvalue weighted by atomic mass is 10.1. The summed E-state index contributed by atoms with van der Waals surface area (Å²) in [6.07, 6.45) is 0.319. The Bertz CT molecular complexity index is 603. The highest BCUT2D eigenvalue weighted by molar-refractivity contribution is 8.00. The molecule has 2 aromatic rings. The van der Waals surface area contributed by atoms with E-state index in [1.165, 1.54) is 11.9 Å². The molecule has 0 aliphatic rings. The number of hydrogen-bond acceptors (Lipinski definition) is 4. The minimum absolute atomic E-state index is 0.319. The first kappa shape index (κ1) is 19.4. The molecule has 4 nitrogen and oxygen atoms in total. The molecule has 124 valence electrons. The van der Waals surface area contributed by atoms with Crippen LogP contribution in [0.5, 0.6) is 0 Å². The number of rotatable bonds is 6. The van der Waals surface area contributed by atoms with Gasteiger partial charge in [-0.15, -0.1) is 0 Å². The molecule has 0 amide bonds. The zero-order valence-corrected chi connectivity index (χ0v) is 14.7. The lowest BCUT2D eigenvalue weighted by Crippen LogP contribution is -2.32. The summed E-state index contributed by atoms with van der Waals surface area (Å²) in [5, 5.41) is 9.48. The maximum atomic E-state index is 10.7. The molecule has 0 fully saturated rings. The molecule has 0 saturated heterocycles. The van der Waals surface area contributed by atoms with Gasteiger partial charge >= 0.3 is 5.97 Å². The van der Waals surface area contributed by atoms with Gasteiger partial charge < -0.3 is 15.6 Å². The summed E-state index contributed by atoms with van der Waals surface area (Å²) in [5.74, 6) is -0.990. The second kappa shape index (κ2) is 10.2. The highest BCUT2D eigenvalue weighted by Gasteiger charge is 2.11. The molecule has 1 atom stereocenters. The van der Waals surface area contributed by atoms with Gasteiger partial charge in [0.15, 0.2) is 0 Å². The lowest BCUT2D eigenvalue weighted by Gasteiger charge is -2.09. The van der Waals surface area contributed by atoms with Crippen LogP contribution in [0.15, 0.2) is 53.4 Å². The quantitative estimate of drug-likeness (QED) is 0.670. The Hall–Kier alpha value is -1.69. The first-order valence-corrected chi connectivity index (χ1v) is 8.50. The summed E-state index contributed by atoms with van der Waals surface area (Å²) in [6, 6.07) is 14.2. The second-order valence-corrected chi connectivity index (χ2v) is 5.82. The SMILES string of the molecule is CC.NC(Cc1ccc(NSc2ccc(Cl)cc2)cc1)C(=O)O. The first-order chi connectivity index (χ1) is 11.0. The van der Waals surface area contributed by atoms with Crippen LogP contribution in [-0.2, 0) is 11.2 Å². The van der Waals surface area contributed by atoms with Gasteiger partial charge in [0.05, 0.1) is 0 Å². The van der Waals surface area contributed by atoms with Gasteiger partial charge in [0, 0.05) is 15.6 Å². The monoisotopic (exact) mass is 352 g/mol. The summed E-state index contributed by atoms with van der Waals surface area (Å²) >= 11 is 7.31. The van der Waals surface area contributed by atoms with Crippen LogP contribution in [0.25, 0.3) is 0 Å². The molecule has 2 rings (SSSR count). The number of carboxylic acids is 1. The van der Waals surface area contributed by atoms with Gasteiger partial charge in [-0.1, -0.05) is 37.6 Å². The largest absolute Gasteiger partial charge is 0.480 e. The number of aliphatic carboxylic acids is 1. The maximum absolute atomic E-state index is 10.7. The van der Waals surface area contributed by atoms with Crippen molar-refractivity contribution in [1.29, 1.82) is 0 Å². The summed E-state index contributed by atoms with van der Waals surface area (Å²) in [5.41, 5.74) is 7.33. The Balaban J connectivity index is 0.00000127. The minimum Gasteiger partial charge on any atom is -0.480 e. The van der Waals surface area contributed by atoms with Crippen LogP contribution >= 0.6 is 23.5 Å².